The molecule has 0 aliphatic heterocycles. The average Bonchev–Trinajstić information content (AvgIpc) is 3.06. The number of hydrogen-bond acceptors (Lipinski definition) is 3. The number of nitrogens with zero attached hydrogens (tertiary/aromatic N) is 5. The van der Waals surface area contributed by atoms with Crippen LogP contribution in [0.1, 0.15) is 30.8 Å². The second-order valence-corrected chi connectivity index (χ2v) is 5.65. The summed E-state index contributed by atoms with van der Waals surface area (Å²) >= 11 is 5.50. The van der Waals surface area contributed by atoms with E-state index < -0.39 is 0 Å². The Hall–Kier alpha value is -1.89. The topological polar surface area (TPSA) is 56.4 Å². The lowest BCUT2D eigenvalue weighted by molar-refractivity contribution is 0.706. The van der Waals surface area contributed by atoms with Crippen molar-refractivity contribution in [1.82, 2.24) is 29.1 Å². The summed E-state index contributed by atoms with van der Waals surface area (Å²) in [7, 11) is 3.92. The van der Waals surface area contributed by atoms with Crippen molar-refractivity contribution in [2.24, 2.45) is 14.1 Å². The number of aromatic amines is 1. The number of fused-ring (bicyclic) bond motifs is 1. The molecular formula is C14H20N6S. The molecule has 1 N–H and O–H groups in total. The summed E-state index contributed by atoms with van der Waals surface area (Å²) in [6, 6.07) is 0. The van der Waals surface area contributed by atoms with Crippen LogP contribution in [-0.2, 0) is 33.5 Å². The van der Waals surface area contributed by atoms with Crippen LogP contribution < -0.4 is 0 Å². The van der Waals surface area contributed by atoms with Crippen molar-refractivity contribution in [2.75, 3.05) is 0 Å². The fourth-order valence-corrected chi connectivity index (χ4v) is 3.11. The molecule has 0 amide bonds. The van der Waals surface area contributed by atoms with Crippen molar-refractivity contribution in [1.29, 1.82) is 0 Å². The summed E-state index contributed by atoms with van der Waals surface area (Å²) in [5.74, 6) is 0. The predicted molar refractivity (Wildman–Crippen MR) is 85.0 cm³/mol. The Bertz CT molecular complexity index is 847. The lowest BCUT2D eigenvalue weighted by Crippen LogP contribution is -2.05. The van der Waals surface area contributed by atoms with Gasteiger partial charge < -0.3 is 4.98 Å². The zero-order valence-electron chi connectivity index (χ0n) is 12.8. The van der Waals surface area contributed by atoms with E-state index in [0.29, 0.717) is 0 Å². The Morgan fingerprint density at radius 3 is 2.52 bits per heavy atom. The molecule has 0 aliphatic rings. The SMILES string of the molecule is CCc1nn(C)cc1Cn1c(=S)[nH]c2c(CC)nn(C)c21. The van der Waals surface area contributed by atoms with Gasteiger partial charge in [0.15, 0.2) is 10.4 Å². The van der Waals surface area contributed by atoms with Crippen molar-refractivity contribution in [2.45, 2.75) is 33.2 Å². The van der Waals surface area contributed by atoms with E-state index in [0.717, 1.165) is 46.7 Å². The van der Waals surface area contributed by atoms with Gasteiger partial charge in [-0.05, 0) is 25.1 Å². The lowest BCUT2D eigenvalue weighted by Gasteiger charge is -2.04. The highest BCUT2D eigenvalue weighted by atomic mass is 32.1. The van der Waals surface area contributed by atoms with Crippen LogP contribution in [0, 0.1) is 4.77 Å². The van der Waals surface area contributed by atoms with Gasteiger partial charge in [-0.15, -0.1) is 0 Å². The molecule has 21 heavy (non-hydrogen) atoms. The van der Waals surface area contributed by atoms with Gasteiger partial charge in [0.05, 0.1) is 17.9 Å². The van der Waals surface area contributed by atoms with Gasteiger partial charge in [-0.1, -0.05) is 13.8 Å². The zero-order valence-corrected chi connectivity index (χ0v) is 13.7. The second kappa shape index (κ2) is 5.14. The Balaban J connectivity index is 2.14. The van der Waals surface area contributed by atoms with E-state index in [1.54, 1.807) is 0 Å². The normalized spacial score (nSPS) is 11.6. The molecule has 0 bridgehead atoms. The van der Waals surface area contributed by atoms with Crippen LogP contribution in [0.25, 0.3) is 11.2 Å². The summed E-state index contributed by atoms with van der Waals surface area (Å²) in [5.41, 5.74) is 5.47. The van der Waals surface area contributed by atoms with Crippen LogP contribution in [0.3, 0.4) is 0 Å². The van der Waals surface area contributed by atoms with Crippen molar-refractivity contribution < 1.29 is 0 Å². The molecule has 0 saturated heterocycles. The van der Waals surface area contributed by atoms with Crippen LogP contribution in [0.15, 0.2) is 6.20 Å². The van der Waals surface area contributed by atoms with Gasteiger partial charge in [0.25, 0.3) is 0 Å². The third-order valence-corrected chi connectivity index (χ3v) is 4.13. The summed E-state index contributed by atoms with van der Waals surface area (Å²) < 4.78 is 6.61. The monoisotopic (exact) mass is 304 g/mol. The third-order valence-electron chi connectivity index (χ3n) is 3.81. The Morgan fingerprint density at radius 2 is 1.86 bits per heavy atom. The van der Waals surface area contributed by atoms with Crippen LogP contribution in [-0.4, -0.2) is 29.1 Å². The summed E-state index contributed by atoms with van der Waals surface area (Å²) in [6.07, 6.45) is 3.87. The maximum absolute atomic E-state index is 5.50. The molecule has 3 rings (SSSR count). The van der Waals surface area contributed by atoms with Crippen LogP contribution >= 0.6 is 12.2 Å². The van der Waals surface area contributed by atoms with Crippen molar-refractivity contribution in [3.63, 3.8) is 0 Å². The minimum Gasteiger partial charge on any atom is -0.328 e. The standard InChI is InChI=1S/C14H20N6S/c1-5-10-9(7-18(3)16-10)8-20-13-12(15-14(20)21)11(6-2)17-19(13)4/h7H,5-6,8H2,1-4H3,(H,15,21). The number of imidazole rings is 1. The minimum atomic E-state index is 0.721. The maximum Gasteiger partial charge on any atom is 0.179 e. The number of rotatable bonds is 4. The number of hydrogen-bond donors (Lipinski definition) is 1. The van der Waals surface area contributed by atoms with Gasteiger partial charge in [-0.2, -0.15) is 10.2 Å². The number of aromatic nitrogens is 6. The third kappa shape index (κ3) is 2.21. The smallest absolute Gasteiger partial charge is 0.179 e. The molecule has 3 heterocycles. The molecule has 3 aromatic heterocycles. The fourth-order valence-electron chi connectivity index (χ4n) is 2.86. The largest absolute Gasteiger partial charge is 0.328 e. The Labute approximate surface area is 128 Å². The second-order valence-electron chi connectivity index (χ2n) is 5.27. The zero-order chi connectivity index (χ0) is 15.1. The summed E-state index contributed by atoms with van der Waals surface area (Å²) in [4.78, 5) is 3.30. The number of aryl methyl sites for hydroxylation is 4. The Kier molecular flexibility index (Phi) is 3.44. The van der Waals surface area contributed by atoms with Crippen LogP contribution in [0.4, 0.5) is 0 Å². The van der Waals surface area contributed by atoms with Gasteiger partial charge in [-0.3, -0.25) is 13.9 Å². The minimum absolute atomic E-state index is 0.721. The van der Waals surface area contributed by atoms with E-state index in [1.807, 2.05) is 23.5 Å². The van der Waals surface area contributed by atoms with E-state index in [2.05, 4.69) is 39.8 Å². The molecular weight excluding hydrogens is 284 g/mol. The van der Waals surface area contributed by atoms with E-state index in [4.69, 9.17) is 12.2 Å². The Morgan fingerprint density at radius 1 is 1.14 bits per heavy atom. The van der Waals surface area contributed by atoms with Crippen molar-refractivity contribution in [3.8, 4) is 0 Å². The highest BCUT2D eigenvalue weighted by Gasteiger charge is 2.16. The predicted octanol–water partition coefficient (Wildman–Crippen LogP) is 2.34. The van der Waals surface area contributed by atoms with Crippen LogP contribution in [0.2, 0.25) is 0 Å². The first-order chi connectivity index (χ1) is 10.0. The molecule has 0 atom stereocenters. The molecule has 0 radical (unpaired) electrons. The maximum atomic E-state index is 5.50. The summed E-state index contributed by atoms with van der Waals surface area (Å²) in [5, 5.41) is 9.06. The van der Waals surface area contributed by atoms with E-state index in [9.17, 15) is 0 Å². The van der Waals surface area contributed by atoms with Gasteiger partial charge in [-0.25, -0.2) is 0 Å². The first-order valence-electron chi connectivity index (χ1n) is 7.20. The molecule has 0 fully saturated rings. The quantitative estimate of drug-likeness (QED) is 0.753. The molecule has 0 unspecified atom stereocenters. The van der Waals surface area contributed by atoms with Gasteiger partial charge in [0, 0.05) is 25.9 Å². The lowest BCUT2D eigenvalue weighted by atomic mass is 10.2. The van der Waals surface area contributed by atoms with Gasteiger partial charge >= 0.3 is 0 Å². The number of H-pyrrole nitrogens is 1. The first-order valence-corrected chi connectivity index (χ1v) is 7.61. The molecule has 0 aliphatic carbocycles. The first kappa shape index (κ1) is 14.1. The molecule has 6 nitrogen and oxygen atoms in total. The van der Waals surface area contributed by atoms with Crippen molar-refractivity contribution >= 4 is 23.4 Å². The van der Waals surface area contributed by atoms with E-state index in [-0.39, 0.29) is 0 Å². The van der Waals surface area contributed by atoms with Gasteiger partial charge in [0.2, 0.25) is 0 Å². The summed E-state index contributed by atoms with van der Waals surface area (Å²) in [6.45, 7) is 4.95. The molecule has 0 aromatic carbocycles. The number of nitrogens with one attached hydrogen (secondary N) is 1. The van der Waals surface area contributed by atoms with Gasteiger partial charge in [0.1, 0.15) is 5.52 Å². The molecule has 112 valence electrons. The molecule has 3 aromatic rings. The average molecular weight is 304 g/mol. The molecule has 0 spiro atoms. The van der Waals surface area contributed by atoms with Crippen LogP contribution in [0.5, 0.6) is 0 Å². The van der Waals surface area contributed by atoms with Crippen molar-refractivity contribution in [3.05, 3.63) is 27.9 Å². The molecule has 7 heteroatoms. The van der Waals surface area contributed by atoms with E-state index in [1.165, 1.54) is 5.56 Å². The fraction of sp³-hybridized carbons (Fsp3) is 0.500. The molecule has 0 saturated carbocycles. The highest BCUT2D eigenvalue weighted by molar-refractivity contribution is 7.71. The highest BCUT2D eigenvalue weighted by Crippen LogP contribution is 2.20. The van der Waals surface area contributed by atoms with E-state index >= 15 is 0 Å².